The number of nitrogens with zero attached hydrogens (tertiary/aromatic N) is 2. The van der Waals surface area contributed by atoms with E-state index < -0.39 is 0 Å². The summed E-state index contributed by atoms with van der Waals surface area (Å²) in [6.45, 7) is 3.96. The lowest BCUT2D eigenvalue weighted by Gasteiger charge is -1.90. The van der Waals surface area contributed by atoms with Crippen LogP contribution in [0.15, 0.2) is 4.90 Å². The summed E-state index contributed by atoms with van der Waals surface area (Å²) in [6.07, 6.45) is 0. The standard InChI is InChI=1S/C6H10N2S/c1-4-6(9)5(2)8(3)7-4/h9H,1-3H3. The lowest BCUT2D eigenvalue weighted by atomic mass is 10.4. The Kier molecular flexibility index (Phi) is 1.53. The Hall–Kier alpha value is -0.440. The Bertz CT molecular complexity index is 205. The van der Waals surface area contributed by atoms with Crippen LogP contribution in [-0.2, 0) is 7.05 Å². The summed E-state index contributed by atoms with van der Waals surface area (Å²) in [5.74, 6) is 0. The van der Waals surface area contributed by atoms with Gasteiger partial charge in [-0.15, -0.1) is 12.6 Å². The van der Waals surface area contributed by atoms with Crippen molar-refractivity contribution in [1.29, 1.82) is 0 Å². The van der Waals surface area contributed by atoms with Gasteiger partial charge in [-0.1, -0.05) is 0 Å². The summed E-state index contributed by atoms with van der Waals surface area (Å²) in [5, 5.41) is 4.15. The quantitative estimate of drug-likeness (QED) is 0.541. The zero-order valence-electron chi connectivity index (χ0n) is 5.84. The van der Waals surface area contributed by atoms with E-state index in [2.05, 4.69) is 17.7 Å². The number of hydrogen-bond donors (Lipinski definition) is 1. The molecule has 3 heteroatoms. The molecular formula is C6H10N2S. The van der Waals surface area contributed by atoms with Gasteiger partial charge in [-0.2, -0.15) is 5.10 Å². The van der Waals surface area contributed by atoms with Crippen molar-refractivity contribution in [2.45, 2.75) is 18.7 Å². The van der Waals surface area contributed by atoms with Gasteiger partial charge in [0.2, 0.25) is 0 Å². The second kappa shape index (κ2) is 2.06. The van der Waals surface area contributed by atoms with Crippen LogP contribution < -0.4 is 0 Å². The molecule has 9 heavy (non-hydrogen) atoms. The minimum Gasteiger partial charge on any atom is -0.272 e. The van der Waals surface area contributed by atoms with E-state index in [4.69, 9.17) is 0 Å². The SMILES string of the molecule is Cc1nn(C)c(C)c1S. The van der Waals surface area contributed by atoms with Crippen LogP contribution in [0.5, 0.6) is 0 Å². The summed E-state index contributed by atoms with van der Waals surface area (Å²) in [6, 6.07) is 0. The first-order valence-corrected chi connectivity index (χ1v) is 3.27. The van der Waals surface area contributed by atoms with Gasteiger partial charge < -0.3 is 0 Å². The molecule has 0 unspecified atom stereocenters. The maximum absolute atomic E-state index is 4.25. The highest BCUT2D eigenvalue weighted by Gasteiger charge is 2.02. The van der Waals surface area contributed by atoms with Crippen LogP contribution in [-0.4, -0.2) is 9.78 Å². The Morgan fingerprint density at radius 2 is 2.00 bits per heavy atom. The second-order valence-electron chi connectivity index (χ2n) is 2.14. The molecule has 0 saturated heterocycles. The van der Waals surface area contributed by atoms with E-state index in [9.17, 15) is 0 Å². The molecule has 0 radical (unpaired) electrons. The Balaban J connectivity index is 3.29. The van der Waals surface area contributed by atoms with E-state index in [0.29, 0.717) is 0 Å². The minimum atomic E-state index is 0.998. The summed E-state index contributed by atoms with van der Waals surface area (Å²) in [5.41, 5.74) is 2.12. The Morgan fingerprint density at radius 1 is 1.44 bits per heavy atom. The smallest absolute Gasteiger partial charge is 0.0729 e. The van der Waals surface area contributed by atoms with Gasteiger partial charge in [-0.05, 0) is 13.8 Å². The second-order valence-corrected chi connectivity index (χ2v) is 2.59. The average Bonchev–Trinajstić information content (AvgIpc) is 1.98. The van der Waals surface area contributed by atoms with Crippen LogP contribution in [0.2, 0.25) is 0 Å². The van der Waals surface area contributed by atoms with Crippen molar-refractivity contribution >= 4 is 12.6 Å². The molecule has 0 fully saturated rings. The van der Waals surface area contributed by atoms with E-state index in [0.717, 1.165) is 16.3 Å². The Morgan fingerprint density at radius 3 is 2.11 bits per heavy atom. The van der Waals surface area contributed by atoms with Gasteiger partial charge in [0.1, 0.15) is 0 Å². The third-order valence-corrected chi connectivity index (χ3v) is 2.12. The van der Waals surface area contributed by atoms with Gasteiger partial charge in [0.25, 0.3) is 0 Å². The van der Waals surface area contributed by atoms with E-state index in [1.807, 2.05) is 25.6 Å². The molecule has 1 heterocycles. The van der Waals surface area contributed by atoms with E-state index in [-0.39, 0.29) is 0 Å². The molecule has 0 aliphatic rings. The maximum Gasteiger partial charge on any atom is 0.0729 e. The zero-order chi connectivity index (χ0) is 7.02. The summed E-state index contributed by atoms with van der Waals surface area (Å²) in [4.78, 5) is 0.998. The third kappa shape index (κ3) is 0.965. The van der Waals surface area contributed by atoms with Crippen LogP contribution in [0.1, 0.15) is 11.4 Å². The monoisotopic (exact) mass is 142 g/mol. The van der Waals surface area contributed by atoms with Crippen molar-refractivity contribution in [2.75, 3.05) is 0 Å². The number of rotatable bonds is 0. The normalized spacial score (nSPS) is 10.2. The first-order valence-electron chi connectivity index (χ1n) is 2.82. The molecule has 0 spiro atoms. The zero-order valence-corrected chi connectivity index (χ0v) is 6.74. The lowest BCUT2D eigenvalue weighted by Crippen LogP contribution is -1.91. The molecule has 1 aromatic rings. The molecule has 1 aromatic heterocycles. The average molecular weight is 142 g/mol. The van der Waals surface area contributed by atoms with Crippen LogP contribution >= 0.6 is 12.6 Å². The number of thiol groups is 1. The van der Waals surface area contributed by atoms with Gasteiger partial charge in [0.15, 0.2) is 0 Å². The summed E-state index contributed by atoms with van der Waals surface area (Å²) in [7, 11) is 1.92. The first kappa shape index (κ1) is 6.68. The fourth-order valence-electron chi connectivity index (χ4n) is 0.762. The van der Waals surface area contributed by atoms with Crippen molar-refractivity contribution in [3.63, 3.8) is 0 Å². The molecule has 0 amide bonds. The number of hydrogen-bond acceptors (Lipinski definition) is 2. The van der Waals surface area contributed by atoms with Crippen molar-refractivity contribution in [3.8, 4) is 0 Å². The lowest BCUT2D eigenvalue weighted by molar-refractivity contribution is 0.730. The van der Waals surface area contributed by atoms with E-state index in [1.54, 1.807) is 0 Å². The topological polar surface area (TPSA) is 17.8 Å². The first-order chi connectivity index (χ1) is 4.13. The molecule has 0 N–H and O–H groups in total. The number of aromatic nitrogens is 2. The van der Waals surface area contributed by atoms with Gasteiger partial charge >= 0.3 is 0 Å². The largest absolute Gasteiger partial charge is 0.272 e. The molecule has 0 saturated carbocycles. The van der Waals surface area contributed by atoms with Gasteiger partial charge in [-0.25, -0.2) is 0 Å². The molecule has 0 aliphatic carbocycles. The highest BCUT2D eigenvalue weighted by molar-refractivity contribution is 7.80. The molecule has 1 rings (SSSR count). The van der Waals surface area contributed by atoms with Gasteiger partial charge in [-0.3, -0.25) is 4.68 Å². The molecular weight excluding hydrogens is 132 g/mol. The van der Waals surface area contributed by atoms with Gasteiger partial charge in [0, 0.05) is 17.6 Å². The third-order valence-electron chi connectivity index (χ3n) is 1.47. The van der Waals surface area contributed by atoms with Crippen LogP contribution in [0.3, 0.4) is 0 Å². The van der Waals surface area contributed by atoms with Crippen molar-refractivity contribution in [1.82, 2.24) is 9.78 Å². The fraction of sp³-hybridized carbons (Fsp3) is 0.500. The summed E-state index contributed by atoms with van der Waals surface area (Å²) < 4.78 is 1.83. The Labute approximate surface area is 60.3 Å². The number of aryl methyl sites for hydroxylation is 2. The molecule has 0 bridgehead atoms. The predicted molar refractivity (Wildman–Crippen MR) is 39.9 cm³/mol. The maximum atomic E-state index is 4.25. The van der Waals surface area contributed by atoms with Crippen molar-refractivity contribution < 1.29 is 0 Å². The molecule has 50 valence electrons. The molecule has 0 atom stereocenters. The van der Waals surface area contributed by atoms with Crippen LogP contribution in [0.25, 0.3) is 0 Å². The fourth-order valence-corrected chi connectivity index (χ4v) is 0.952. The van der Waals surface area contributed by atoms with Crippen molar-refractivity contribution in [2.24, 2.45) is 7.05 Å². The van der Waals surface area contributed by atoms with Crippen molar-refractivity contribution in [3.05, 3.63) is 11.4 Å². The predicted octanol–water partition coefficient (Wildman–Crippen LogP) is 1.33. The summed E-state index contributed by atoms with van der Waals surface area (Å²) >= 11 is 4.25. The van der Waals surface area contributed by atoms with Crippen LogP contribution in [0, 0.1) is 13.8 Å². The highest BCUT2D eigenvalue weighted by Crippen LogP contribution is 2.14. The van der Waals surface area contributed by atoms with Crippen LogP contribution in [0.4, 0.5) is 0 Å². The highest BCUT2D eigenvalue weighted by atomic mass is 32.1. The minimum absolute atomic E-state index is 0.998. The molecule has 2 nitrogen and oxygen atoms in total. The van der Waals surface area contributed by atoms with E-state index in [1.165, 1.54) is 0 Å². The van der Waals surface area contributed by atoms with Gasteiger partial charge in [0.05, 0.1) is 5.69 Å². The van der Waals surface area contributed by atoms with E-state index >= 15 is 0 Å². The molecule has 0 aliphatic heterocycles. The molecule has 0 aromatic carbocycles.